The Labute approximate surface area is 261 Å². The zero-order valence-corrected chi connectivity index (χ0v) is 25.7. The molecule has 0 aliphatic carbocycles. The van der Waals surface area contributed by atoms with E-state index < -0.39 is 27.8 Å². The number of anilines is 2. The summed E-state index contributed by atoms with van der Waals surface area (Å²) < 4.78 is 57.7. The minimum Gasteiger partial charge on any atom is -0.506 e. The molecule has 4 rings (SSSR count). The van der Waals surface area contributed by atoms with Gasteiger partial charge in [0.25, 0.3) is 0 Å². The van der Waals surface area contributed by atoms with Crippen molar-refractivity contribution >= 4 is 27.4 Å². The Morgan fingerprint density at radius 1 is 1.07 bits per heavy atom. The lowest BCUT2D eigenvalue weighted by Gasteiger charge is -2.33. The number of aliphatic hydroxyl groups excluding tert-OH is 1. The molecule has 1 aliphatic heterocycles. The Morgan fingerprint density at radius 2 is 1.80 bits per heavy atom. The molecule has 45 heavy (non-hydrogen) atoms. The standard InChI is InChI=1S/C31H39F2N5O6S/c1-45(42,43)37-29-17-27(7-9-30(29)40)44-20-26(39)19-34-13-10-21-2-5-24(6-3-21)36-25-11-14-38(15-12-25)31(41)35-18-22-16-23(32)4-8-28(22)33/h2-9,16-17,25-26,34,36-37,39-40H,10-15,18-20H2,1H3,(H,35,41)/t26-/m1/s1. The average Bonchev–Trinajstić information content (AvgIpc) is 3.00. The maximum Gasteiger partial charge on any atom is 0.317 e. The third-order valence-corrected chi connectivity index (χ3v) is 7.81. The van der Waals surface area contributed by atoms with Gasteiger partial charge in [0, 0.05) is 49.5 Å². The van der Waals surface area contributed by atoms with Crippen molar-refractivity contribution < 1.29 is 36.9 Å². The number of nitrogens with zero attached hydrogens (tertiary/aromatic N) is 1. The highest BCUT2D eigenvalue weighted by Crippen LogP contribution is 2.28. The molecule has 1 heterocycles. The second kappa shape index (κ2) is 15.7. The number of aromatic hydroxyl groups is 1. The summed E-state index contributed by atoms with van der Waals surface area (Å²) in [5.74, 6) is -1.04. The number of rotatable bonds is 14. The number of phenols is 1. The molecule has 244 valence electrons. The molecule has 1 atom stereocenters. The number of likely N-dealkylation sites (tertiary alicyclic amines) is 1. The zero-order chi connectivity index (χ0) is 32.4. The number of benzene rings is 3. The van der Waals surface area contributed by atoms with Gasteiger partial charge in [-0.2, -0.15) is 0 Å². The Bertz CT molecular complexity index is 1540. The first-order valence-electron chi connectivity index (χ1n) is 14.6. The van der Waals surface area contributed by atoms with Crippen molar-refractivity contribution in [3.63, 3.8) is 0 Å². The first kappa shape index (κ1) is 33.7. The fourth-order valence-electron chi connectivity index (χ4n) is 4.83. The van der Waals surface area contributed by atoms with Crippen LogP contribution in [-0.2, 0) is 23.0 Å². The van der Waals surface area contributed by atoms with Gasteiger partial charge in [0.2, 0.25) is 10.0 Å². The van der Waals surface area contributed by atoms with Crippen molar-refractivity contribution in [2.45, 2.75) is 38.0 Å². The molecule has 14 heteroatoms. The van der Waals surface area contributed by atoms with E-state index in [0.29, 0.717) is 31.9 Å². The Balaban J connectivity index is 1.10. The van der Waals surface area contributed by atoms with E-state index in [-0.39, 0.29) is 42.2 Å². The summed E-state index contributed by atoms with van der Waals surface area (Å²) in [4.78, 5) is 14.2. The SMILES string of the molecule is CS(=O)(=O)Nc1cc(OC[C@H](O)CNCCc2ccc(NC3CCN(C(=O)NCc4cc(F)ccc4F)CC3)cc2)ccc1O. The van der Waals surface area contributed by atoms with Gasteiger partial charge in [0.1, 0.15) is 35.8 Å². The Kier molecular flexibility index (Phi) is 11.8. The fraction of sp³-hybridized carbons (Fsp3) is 0.387. The van der Waals surface area contributed by atoms with Gasteiger partial charge in [-0.1, -0.05) is 12.1 Å². The van der Waals surface area contributed by atoms with Crippen LogP contribution in [0.5, 0.6) is 11.5 Å². The number of urea groups is 1. The summed E-state index contributed by atoms with van der Waals surface area (Å²) >= 11 is 0. The van der Waals surface area contributed by atoms with Crippen LogP contribution in [0.3, 0.4) is 0 Å². The highest BCUT2D eigenvalue weighted by molar-refractivity contribution is 7.92. The molecule has 1 saturated heterocycles. The smallest absolute Gasteiger partial charge is 0.317 e. The van der Waals surface area contributed by atoms with Crippen LogP contribution >= 0.6 is 0 Å². The van der Waals surface area contributed by atoms with Crippen LogP contribution < -0.4 is 25.4 Å². The fourth-order valence-corrected chi connectivity index (χ4v) is 5.39. The van der Waals surface area contributed by atoms with Gasteiger partial charge in [-0.15, -0.1) is 0 Å². The second-order valence-corrected chi connectivity index (χ2v) is 12.7. The normalized spacial score (nSPS) is 14.5. The molecule has 0 saturated carbocycles. The number of hydrogen-bond acceptors (Lipinski definition) is 8. The van der Waals surface area contributed by atoms with Crippen molar-refractivity contribution in [3.05, 3.63) is 83.4 Å². The number of amides is 2. The molecular formula is C31H39F2N5O6S. The van der Waals surface area contributed by atoms with Crippen LogP contribution in [0.1, 0.15) is 24.0 Å². The molecule has 6 N–H and O–H groups in total. The van der Waals surface area contributed by atoms with Crippen molar-refractivity contribution in [2.24, 2.45) is 0 Å². The molecule has 3 aromatic rings. The number of phenolic OH excluding ortho intramolecular Hbond substituents is 1. The molecule has 1 fully saturated rings. The second-order valence-electron chi connectivity index (χ2n) is 11.0. The van der Waals surface area contributed by atoms with Crippen LogP contribution in [0, 0.1) is 11.6 Å². The molecule has 0 bridgehead atoms. The Hall–Kier alpha value is -4.14. The lowest BCUT2D eigenvalue weighted by Crippen LogP contribution is -2.46. The van der Waals surface area contributed by atoms with Crippen molar-refractivity contribution in [2.75, 3.05) is 49.1 Å². The minimum absolute atomic E-state index is 0.00597. The summed E-state index contributed by atoms with van der Waals surface area (Å²) in [6.07, 6.45) is 2.43. The molecular weight excluding hydrogens is 608 g/mol. The predicted molar refractivity (Wildman–Crippen MR) is 168 cm³/mol. The maximum atomic E-state index is 13.8. The summed E-state index contributed by atoms with van der Waals surface area (Å²) in [5, 5.41) is 29.4. The number of nitrogens with one attached hydrogen (secondary N) is 4. The zero-order valence-electron chi connectivity index (χ0n) is 24.9. The molecule has 0 spiro atoms. The molecule has 0 radical (unpaired) electrons. The maximum absolute atomic E-state index is 13.8. The first-order valence-corrected chi connectivity index (χ1v) is 16.5. The van der Waals surface area contributed by atoms with E-state index in [0.717, 1.165) is 55.0 Å². The number of piperidine rings is 1. The van der Waals surface area contributed by atoms with E-state index in [9.17, 15) is 32.2 Å². The van der Waals surface area contributed by atoms with E-state index in [2.05, 4.69) is 20.7 Å². The number of ether oxygens (including phenoxy) is 1. The van der Waals surface area contributed by atoms with Gasteiger partial charge in [-0.05, 0) is 73.8 Å². The number of carbonyl (C=O) groups excluding carboxylic acids is 1. The first-order chi connectivity index (χ1) is 21.4. The van der Waals surface area contributed by atoms with E-state index in [1.165, 1.54) is 18.2 Å². The van der Waals surface area contributed by atoms with Gasteiger partial charge >= 0.3 is 6.03 Å². The van der Waals surface area contributed by atoms with Crippen LogP contribution in [0.4, 0.5) is 25.0 Å². The molecule has 0 unspecified atom stereocenters. The van der Waals surface area contributed by atoms with Crippen molar-refractivity contribution in [3.8, 4) is 11.5 Å². The highest BCUT2D eigenvalue weighted by atomic mass is 32.2. The van der Waals surface area contributed by atoms with Crippen LogP contribution in [0.15, 0.2) is 60.7 Å². The van der Waals surface area contributed by atoms with Gasteiger partial charge in [-0.3, -0.25) is 4.72 Å². The van der Waals surface area contributed by atoms with Gasteiger partial charge in [0.05, 0.1) is 11.9 Å². The quantitative estimate of drug-likeness (QED) is 0.115. The molecule has 1 aliphatic rings. The molecule has 3 aromatic carbocycles. The molecule has 11 nitrogen and oxygen atoms in total. The topological polar surface area (TPSA) is 152 Å². The van der Waals surface area contributed by atoms with Crippen LogP contribution in [0.25, 0.3) is 0 Å². The minimum atomic E-state index is -3.57. The average molecular weight is 648 g/mol. The number of hydrogen-bond donors (Lipinski definition) is 6. The third-order valence-electron chi connectivity index (χ3n) is 7.22. The summed E-state index contributed by atoms with van der Waals surface area (Å²) in [5.41, 5.74) is 2.20. The van der Waals surface area contributed by atoms with Crippen molar-refractivity contribution in [1.82, 2.24) is 15.5 Å². The number of halogens is 2. The summed E-state index contributed by atoms with van der Waals surface area (Å²) in [6.45, 7) is 1.93. The van der Waals surface area contributed by atoms with E-state index in [1.807, 2.05) is 24.3 Å². The number of carbonyl (C=O) groups is 1. The van der Waals surface area contributed by atoms with E-state index in [1.54, 1.807) is 4.90 Å². The third kappa shape index (κ3) is 11.1. The van der Waals surface area contributed by atoms with Gasteiger partial charge in [0.15, 0.2) is 0 Å². The van der Waals surface area contributed by atoms with Crippen molar-refractivity contribution in [1.29, 1.82) is 0 Å². The van der Waals surface area contributed by atoms with Gasteiger partial charge in [-0.25, -0.2) is 22.0 Å². The summed E-state index contributed by atoms with van der Waals surface area (Å²) in [6, 6.07) is 15.3. The predicted octanol–water partition coefficient (Wildman–Crippen LogP) is 3.40. The monoisotopic (exact) mass is 647 g/mol. The van der Waals surface area contributed by atoms with Gasteiger partial charge < -0.3 is 35.8 Å². The van der Waals surface area contributed by atoms with Crippen LogP contribution in [0.2, 0.25) is 0 Å². The molecule has 2 amide bonds. The van der Waals surface area contributed by atoms with E-state index in [4.69, 9.17) is 4.74 Å². The molecule has 0 aromatic heterocycles. The Morgan fingerprint density at radius 3 is 2.51 bits per heavy atom. The summed E-state index contributed by atoms with van der Waals surface area (Å²) in [7, 11) is -3.57. The number of sulfonamides is 1. The lowest BCUT2D eigenvalue weighted by molar-refractivity contribution is 0.106. The van der Waals surface area contributed by atoms with E-state index >= 15 is 0 Å². The van der Waals surface area contributed by atoms with Crippen LogP contribution in [-0.4, -0.2) is 80.7 Å². The number of aliphatic hydroxyl groups is 1. The largest absolute Gasteiger partial charge is 0.506 e. The lowest BCUT2D eigenvalue weighted by atomic mass is 10.0. The highest BCUT2D eigenvalue weighted by Gasteiger charge is 2.23.